The first-order valence-corrected chi connectivity index (χ1v) is 7.51. The number of aromatic nitrogens is 4. The van der Waals surface area contributed by atoms with Crippen LogP contribution in [0.3, 0.4) is 0 Å². The highest BCUT2D eigenvalue weighted by atomic mass is 16.5. The van der Waals surface area contributed by atoms with E-state index < -0.39 is 0 Å². The first-order chi connectivity index (χ1) is 10.3. The van der Waals surface area contributed by atoms with Crippen molar-refractivity contribution in [3.63, 3.8) is 0 Å². The minimum atomic E-state index is 0.409. The molecule has 7 nitrogen and oxygen atoms in total. The van der Waals surface area contributed by atoms with Gasteiger partial charge in [-0.05, 0) is 18.8 Å². The van der Waals surface area contributed by atoms with Gasteiger partial charge in [0.1, 0.15) is 6.61 Å². The zero-order valence-corrected chi connectivity index (χ0v) is 12.4. The number of nitrogens with two attached hydrogens (primary N) is 1. The second-order valence-electron chi connectivity index (χ2n) is 5.66. The van der Waals surface area contributed by atoms with Crippen LogP contribution in [-0.2, 0) is 18.4 Å². The quantitative estimate of drug-likeness (QED) is 0.644. The lowest BCUT2D eigenvalue weighted by Gasteiger charge is -2.21. The number of anilines is 1. The number of fused-ring (bicyclic) bond motifs is 1. The van der Waals surface area contributed by atoms with E-state index in [9.17, 15) is 0 Å². The van der Waals surface area contributed by atoms with Crippen molar-refractivity contribution in [2.24, 2.45) is 18.8 Å². The molecule has 1 aliphatic rings. The van der Waals surface area contributed by atoms with Gasteiger partial charge in [-0.1, -0.05) is 19.3 Å². The Labute approximate surface area is 123 Å². The number of rotatable bonds is 5. The lowest BCUT2D eigenvalue weighted by atomic mass is 9.90. The molecule has 3 N–H and O–H groups in total. The molecule has 1 saturated carbocycles. The van der Waals surface area contributed by atoms with Gasteiger partial charge in [-0.15, -0.1) is 0 Å². The predicted octanol–water partition coefficient (Wildman–Crippen LogP) is 1.75. The van der Waals surface area contributed by atoms with E-state index in [0.29, 0.717) is 24.2 Å². The molecule has 0 saturated heterocycles. The third kappa shape index (κ3) is 3.14. The molecule has 0 radical (unpaired) electrons. The van der Waals surface area contributed by atoms with Gasteiger partial charge in [-0.25, -0.2) is 15.8 Å². The van der Waals surface area contributed by atoms with Gasteiger partial charge >= 0.3 is 0 Å². The Bertz CT molecular complexity index is 605. The Balaban J connectivity index is 1.67. The molecule has 0 aliphatic heterocycles. The van der Waals surface area contributed by atoms with E-state index in [1.807, 2.05) is 7.05 Å². The Morgan fingerprint density at radius 1 is 1.33 bits per heavy atom. The van der Waals surface area contributed by atoms with Crippen molar-refractivity contribution in [1.29, 1.82) is 0 Å². The van der Waals surface area contributed by atoms with Gasteiger partial charge in [-0.2, -0.15) is 5.10 Å². The zero-order chi connectivity index (χ0) is 14.7. The van der Waals surface area contributed by atoms with Crippen LogP contribution in [0.1, 0.15) is 37.9 Å². The summed E-state index contributed by atoms with van der Waals surface area (Å²) in [6, 6.07) is 0. The third-order valence-electron chi connectivity index (χ3n) is 4.08. The average molecular weight is 290 g/mol. The molecule has 3 rings (SSSR count). The summed E-state index contributed by atoms with van der Waals surface area (Å²) in [5.41, 5.74) is 3.36. The van der Waals surface area contributed by atoms with Crippen molar-refractivity contribution < 1.29 is 4.74 Å². The number of nitrogens with one attached hydrogen (secondary N) is 1. The highest BCUT2D eigenvalue weighted by Crippen LogP contribution is 2.24. The van der Waals surface area contributed by atoms with Crippen LogP contribution >= 0.6 is 0 Å². The molecule has 0 spiro atoms. The molecular formula is C14H22N6O. The van der Waals surface area contributed by atoms with Gasteiger partial charge in [-0.3, -0.25) is 4.68 Å². The van der Waals surface area contributed by atoms with Crippen molar-refractivity contribution in [3.05, 3.63) is 12.0 Å². The van der Waals surface area contributed by atoms with Crippen LogP contribution in [-0.4, -0.2) is 26.4 Å². The smallest absolute Gasteiger partial charge is 0.163 e. The molecule has 2 heterocycles. The Morgan fingerprint density at radius 3 is 2.90 bits per heavy atom. The third-order valence-corrected chi connectivity index (χ3v) is 4.08. The molecule has 2 aromatic rings. The van der Waals surface area contributed by atoms with E-state index in [1.54, 1.807) is 10.9 Å². The second-order valence-corrected chi connectivity index (χ2v) is 5.66. The normalized spacial score (nSPS) is 16.5. The van der Waals surface area contributed by atoms with Gasteiger partial charge in [0.2, 0.25) is 0 Å². The molecular weight excluding hydrogens is 268 g/mol. The van der Waals surface area contributed by atoms with Crippen molar-refractivity contribution in [2.75, 3.05) is 12.0 Å². The highest BCUT2D eigenvalue weighted by molar-refractivity contribution is 5.86. The fourth-order valence-corrected chi connectivity index (χ4v) is 2.91. The molecule has 1 aliphatic carbocycles. The molecule has 0 unspecified atom stereocenters. The molecule has 0 aromatic carbocycles. The number of nitrogens with zero attached hydrogens (tertiary/aromatic N) is 4. The minimum Gasteiger partial charge on any atom is -0.373 e. The fourth-order valence-electron chi connectivity index (χ4n) is 2.91. The standard InChI is InChI=1S/C14H22N6O/c1-20-14-11(7-16-20)13(19-15)17-12(18-14)9-21-8-10-5-3-2-4-6-10/h7,10H,2-6,8-9,15H2,1H3,(H,17,18,19). The number of nitrogen functional groups attached to an aromatic ring is 1. The molecule has 2 aromatic heterocycles. The summed E-state index contributed by atoms with van der Waals surface area (Å²) in [7, 11) is 1.85. The van der Waals surface area contributed by atoms with Crippen LogP contribution in [0.25, 0.3) is 11.0 Å². The molecule has 0 amide bonds. The topological polar surface area (TPSA) is 90.9 Å². The summed E-state index contributed by atoms with van der Waals surface area (Å²) in [5.74, 6) is 7.43. The molecule has 21 heavy (non-hydrogen) atoms. The summed E-state index contributed by atoms with van der Waals surface area (Å²) in [6.45, 7) is 1.20. The van der Waals surface area contributed by atoms with Gasteiger partial charge in [0.05, 0.1) is 11.6 Å². The van der Waals surface area contributed by atoms with Crippen LogP contribution in [0.15, 0.2) is 6.20 Å². The second kappa shape index (κ2) is 6.36. The van der Waals surface area contributed by atoms with Crippen LogP contribution in [0.5, 0.6) is 0 Å². The summed E-state index contributed by atoms with van der Waals surface area (Å²) in [5, 5.41) is 4.99. The number of hydrazine groups is 1. The Morgan fingerprint density at radius 2 is 2.14 bits per heavy atom. The van der Waals surface area contributed by atoms with Crippen LogP contribution in [0, 0.1) is 5.92 Å². The molecule has 1 fully saturated rings. The monoisotopic (exact) mass is 290 g/mol. The van der Waals surface area contributed by atoms with Gasteiger partial charge < -0.3 is 10.2 Å². The fraction of sp³-hybridized carbons (Fsp3) is 0.643. The van der Waals surface area contributed by atoms with Crippen molar-refractivity contribution in [2.45, 2.75) is 38.7 Å². The van der Waals surface area contributed by atoms with Crippen molar-refractivity contribution in [3.8, 4) is 0 Å². The number of hydrogen-bond donors (Lipinski definition) is 2. The van der Waals surface area contributed by atoms with E-state index in [0.717, 1.165) is 17.6 Å². The van der Waals surface area contributed by atoms with Crippen LogP contribution in [0.4, 0.5) is 5.82 Å². The van der Waals surface area contributed by atoms with Crippen LogP contribution in [0.2, 0.25) is 0 Å². The molecule has 114 valence electrons. The maximum absolute atomic E-state index is 5.80. The zero-order valence-electron chi connectivity index (χ0n) is 12.4. The summed E-state index contributed by atoms with van der Waals surface area (Å²) >= 11 is 0. The van der Waals surface area contributed by atoms with Crippen molar-refractivity contribution in [1.82, 2.24) is 19.7 Å². The van der Waals surface area contributed by atoms with E-state index in [2.05, 4.69) is 20.5 Å². The van der Waals surface area contributed by atoms with E-state index in [1.165, 1.54) is 32.1 Å². The van der Waals surface area contributed by atoms with Gasteiger partial charge in [0.15, 0.2) is 17.3 Å². The summed E-state index contributed by atoms with van der Waals surface area (Å²) in [4.78, 5) is 8.88. The van der Waals surface area contributed by atoms with Gasteiger partial charge in [0.25, 0.3) is 0 Å². The first kappa shape index (κ1) is 14.2. The SMILES string of the molecule is Cn1ncc2c(NN)nc(COCC3CCCCC3)nc21. The lowest BCUT2D eigenvalue weighted by molar-refractivity contribution is 0.0701. The summed E-state index contributed by atoms with van der Waals surface area (Å²) < 4.78 is 7.51. The largest absolute Gasteiger partial charge is 0.373 e. The van der Waals surface area contributed by atoms with Crippen molar-refractivity contribution >= 4 is 16.9 Å². The highest BCUT2D eigenvalue weighted by Gasteiger charge is 2.15. The first-order valence-electron chi connectivity index (χ1n) is 7.51. The molecule has 7 heteroatoms. The van der Waals surface area contributed by atoms with E-state index in [4.69, 9.17) is 10.6 Å². The minimum absolute atomic E-state index is 0.409. The predicted molar refractivity (Wildman–Crippen MR) is 80.3 cm³/mol. The summed E-state index contributed by atoms with van der Waals surface area (Å²) in [6.07, 6.45) is 8.27. The Kier molecular flexibility index (Phi) is 4.31. The van der Waals surface area contributed by atoms with E-state index in [-0.39, 0.29) is 0 Å². The number of hydrogen-bond acceptors (Lipinski definition) is 6. The Hall–Kier alpha value is -1.73. The van der Waals surface area contributed by atoms with E-state index >= 15 is 0 Å². The maximum atomic E-state index is 5.80. The molecule has 0 bridgehead atoms. The molecule has 0 atom stereocenters. The number of ether oxygens (including phenoxy) is 1. The van der Waals surface area contributed by atoms with Gasteiger partial charge in [0, 0.05) is 13.7 Å². The maximum Gasteiger partial charge on any atom is 0.163 e. The number of aryl methyl sites for hydroxylation is 1. The lowest BCUT2D eigenvalue weighted by Crippen LogP contribution is -2.15. The average Bonchev–Trinajstić information content (AvgIpc) is 2.89. The van der Waals surface area contributed by atoms with Crippen LogP contribution < -0.4 is 11.3 Å².